The number of phenolic OH excluding ortho intramolecular Hbond substituents is 2. The summed E-state index contributed by atoms with van der Waals surface area (Å²) >= 11 is 6.49. The van der Waals surface area contributed by atoms with Gasteiger partial charge in [0.05, 0.1) is 9.79 Å². The van der Waals surface area contributed by atoms with Crippen LogP contribution in [-0.4, -0.2) is 41.0 Å². The molecule has 1 atom stereocenters. The maximum atomic E-state index is 10.3. The summed E-state index contributed by atoms with van der Waals surface area (Å²) in [5.41, 5.74) is 2.39. The van der Waals surface area contributed by atoms with Gasteiger partial charge >= 0.3 is 0 Å². The lowest BCUT2D eigenvalue weighted by molar-refractivity contribution is 0.448. The van der Waals surface area contributed by atoms with Gasteiger partial charge in [0.1, 0.15) is 11.5 Å². The minimum absolute atomic E-state index is 0.226. The van der Waals surface area contributed by atoms with E-state index in [9.17, 15) is 10.2 Å². The molecule has 0 fully saturated rings. The predicted molar refractivity (Wildman–Crippen MR) is 112 cm³/mol. The largest absolute Gasteiger partial charge is 0.507 e. The van der Waals surface area contributed by atoms with Crippen LogP contribution in [0.3, 0.4) is 0 Å². The van der Waals surface area contributed by atoms with Gasteiger partial charge in [0, 0.05) is 16.6 Å². The van der Waals surface area contributed by atoms with Crippen LogP contribution in [-0.2, 0) is 0 Å². The van der Waals surface area contributed by atoms with E-state index in [-0.39, 0.29) is 5.92 Å². The predicted octanol–water partition coefficient (Wildman–Crippen LogP) is 5.76. The second-order valence-electron chi connectivity index (χ2n) is 5.21. The second-order valence-corrected chi connectivity index (χ2v) is 8.67. The summed E-state index contributed by atoms with van der Waals surface area (Å²) in [4.78, 5) is 2.71. The highest BCUT2D eigenvalue weighted by Gasteiger charge is 2.19. The average molecular weight is 399 g/mol. The molecule has 0 bridgehead atoms. The molecule has 0 aliphatic rings. The number of rotatable bonds is 7. The highest BCUT2D eigenvalue weighted by molar-refractivity contribution is 7.99. The average Bonchev–Trinajstić information content (AvgIpc) is 2.60. The Bertz CT molecular complexity index is 678. The van der Waals surface area contributed by atoms with Crippen LogP contribution in [0, 0.1) is 0 Å². The Morgan fingerprint density at radius 3 is 1.83 bits per heavy atom. The number of aromatic hydroxyl groups is 2. The van der Waals surface area contributed by atoms with Crippen LogP contribution in [0.1, 0.15) is 17.0 Å². The molecule has 0 aliphatic heterocycles. The van der Waals surface area contributed by atoms with Gasteiger partial charge in [-0.25, -0.2) is 0 Å². The fourth-order valence-corrected chi connectivity index (χ4v) is 5.01. The zero-order valence-electron chi connectivity index (χ0n) is 14.2. The Balaban J connectivity index is 2.55. The summed E-state index contributed by atoms with van der Waals surface area (Å²) in [5.74, 6) is 1.88. The normalized spacial score (nSPS) is 12.3. The lowest BCUT2D eigenvalue weighted by Gasteiger charge is -2.20. The zero-order valence-corrected chi connectivity index (χ0v) is 17.5. The van der Waals surface area contributed by atoms with Crippen LogP contribution in [0.4, 0.5) is 0 Å². The number of phenols is 2. The molecule has 0 heterocycles. The SMILES string of the molecule is CSCC(c1ccc(O)c(SC)c1)c1cc(SC)c(O)c(SC)c1. The van der Waals surface area contributed by atoms with E-state index in [0.29, 0.717) is 11.5 Å². The standard InChI is InChI=1S/C18H22O2S4/c1-21-10-13(11-5-6-14(19)15(7-11)22-2)12-8-16(23-3)18(20)17(9-12)24-4/h5-9,13,19-20H,10H2,1-4H3. The highest BCUT2D eigenvalue weighted by atomic mass is 32.2. The van der Waals surface area contributed by atoms with Gasteiger partial charge in [-0.2, -0.15) is 11.8 Å². The summed E-state index contributed by atoms with van der Waals surface area (Å²) in [6.07, 6.45) is 8.05. The first kappa shape index (κ1) is 19.8. The molecule has 2 aromatic rings. The van der Waals surface area contributed by atoms with E-state index in [1.54, 1.807) is 53.1 Å². The number of thioether (sulfide) groups is 4. The minimum atomic E-state index is 0.226. The van der Waals surface area contributed by atoms with Crippen molar-refractivity contribution in [2.45, 2.75) is 20.6 Å². The van der Waals surface area contributed by atoms with Crippen molar-refractivity contribution in [1.29, 1.82) is 0 Å². The minimum Gasteiger partial charge on any atom is -0.507 e. The third-order valence-electron chi connectivity index (χ3n) is 3.84. The van der Waals surface area contributed by atoms with Gasteiger partial charge in [-0.3, -0.25) is 0 Å². The van der Waals surface area contributed by atoms with Gasteiger partial charge in [0.2, 0.25) is 0 Å². The van der Waals surface area contributed by atoms with Crippen molar-refractivity contribution in [1.82, 2.24) is 0 Å². The summed E-state index contributed by atoms with van der Waals surface area (Å²) < 4.78 is 0. The first-order chi connectivity index (χ1) is 11.5. The van der Waals surface area contributed by atoms with E-state index < -0.39 is 0 Å². The van der Waals surface area contributed by atoms with E-state index in [1.165, 1.54) is 11.1 Å². The van der Waals surface area contributed by atoms with Crippen molar-refractivity contribution in [3.63, 3.8) is 0 Å². The summed E-state index contributed by atoms with van der Waals surface area (Å²) in [6, 6.07) is 10.0. The van der Waals surface area contributed by atoms with E-state index >= 15 is 0 Å². The molecule has 0 radical (unpaired) electrons. The van der Waals surface area contributed by atoms with Crippen LogP contribution < -0.4 is 0 Å². The first-order valence-corrected chi connectivity index (χ1v) is 12.4. The highest BCUT2D eigenvalue weighted by Crippen LogP contribution is 2.41. The first-order valence-electron chi connectivity index (χ1n) is 7.36. The molecular formula is C18H22O2S4. The van der Waals surface area contributed by atoms with Gasteiger partial charge in [0.15, 0.2) is 0 Å². The monoisotopic (exact) mass is 398 g/mol. The van der Waals surface area contributed by atoms with Crippen LogP contribution in [0.25, 0.3) is 0 Å². The Morgan fingerprint density at radius 2 is 1.33 bits per heavy atom. The van der Waals surface area contributed by atoms with Gasteiger partial charge < -0.3 is 10.2 Å². The third kappa shape index (κ3) is 4.34. The maximum absolute atomic E-state index is 10.3. The number of hydrogen-bond acceptors (Lipinski definition) is 6. The zero-order chi connectivity index (χ0) is 17.7. The summed E-state index contributed by atoms with van der Waals surface area (Å²) in [7, 11) is 0. The molecule has 1 unspecified atom stereocenters. The van der Waals surface area contributed by atoms with E-state index in [4.69, 9.17) is 0 Å². The fraction of sp³-hybridized carbons (Fsp3) is 0.333. The topological polar surface area (TPSA) is 40.5 Å². The van der Waals surface area contributed by atoms with Crippen molar-refractivity contribution in [2.24, 2.45) is 0 Å². The van der Waals surface area contributed by atoms with Crippen LogP contribution in [0.5, 0.6) is 11.5 Å². The smallest absolute Gasteiger partial charge is 0.142 e. The number of benzene rings is 2. The molecule has 0 spiro atoms. The van der Waals surface area contributed by atoms with Crippen molar-refractivity contribution >= 4 is 47.0 Å². The van der Waals surface area contributed by atoms with Gasteiger partial charge in [-0.05, 0) is 60.4 Å². The molecule has 2 rings (SSSR count). The lowest BCUT2D eigenvalue weighted by Crippen LogP contribution is -2.05. The number of hydrogen-bond donors (Lipinski definition) is 2. The van der Waals surface area contributed by atoms with Crippen molar-refractivity contribution in [3.05, 3.63) is 41.5 Å². The van der Waals surface area contributed by atoms with Gasteiger partial charge in [0.25, 0.3) is 0 Å². The molecule has 0 saturated heterocycles. The van der Waals surface area contributed by atoms with Crippen molar-refractivity contribution < 1.29 is 10.2 Å². The van der Waals surface area contributed by atoms with E-state index in [2.05, 4.69) is 24.5 Å². The molecule has 130 valence electrons. The fourth-order valence-electron chi connectivity index (χ4n) is 2.58. The molecule has 24 heavy (non-hydrogen) atoms. The molecular weight excluding hydrogens is 376 g/mol. The Labute approximate surface area is 161 Å². The molecule has 2 aromatic carbocycles. The molecule has 2 N–H and O–H groups in total. The van der Waals surface area contributed by atoms with Gasteiger partial charge in [-0.15, -0.1) is 35.3 Å². The Morgan fingerprint density at radius 1 is 0.792 bits per heavy atom. The molecule has 0 aliphatic carbocycles. The van der Waals surface area contributed by atoms with Crippen molar-refractivity contribution in [2.75, 3.05) is 30.8 Å². The summed E-state index contributed by atoms with van der Waals surface area (Å²) in [5, 5.41) is 20.3. The van der Waals surface area contributed by atoms with E-state index in [1.807, 2.05) is 24.8 Å². The molecule has 6 heteroatoms. The Kier molecular flexibility index (Phi) is 7.60. The Hall–Kier alpha value is -0.560. The van der Waals surface area contributed by atoms with Crippen LogP contribution in [0.15, 0.2) is 45.0 Å². The lowest BCUT2D eigenvalue weighted by atomic mass is 9.93. The maximum Gasteiger partial charge on any atom is 0.142 e. The molecule has 0 saturated carbocycles. The van der Waals surface area contributed by atoms with Crippen LogP contribution >= 0.6 is 47.0 Å². The van der Waals surface area contributed by atoms with E-state index in [0.717, 1.165) is 20.4 Å². The molecule has 0 amide bonds. The van der Waals surface area contributed by atoms with Crippen LogP contribution in [0.2, 0.25) is 0 Å². The quantitative estimate of drug-likeness (QED) is 0.578. The molecule has 2 nitrogen and oxygen atoms in total. The molecule has 0 aromatic heterocycles. The van der Waals surface area contributed by atoms with Gasteiger partial charge in [-0.1, -0.05) is 6.07 Å². The summed E-state index contributed by atoms with van der Waals surface area (Å²) in [6.45, 7) is 0. The van der Waals surface area contributed by atoms with Crippen molar-refractivity contribution in [3.8, 4) is 11.5 Å². The third-order valence-corrected chi connectivity index (χ3v) is 6.78. The second kappa shape index (κ2) is 9.22.